The maximum atomic E-state index is 8.06. The summed E-state index contributed by atoms with van der Waals surface area (Å²) in [6.45, 7) is 1.82. The van der Waals surface area contributed by atoms with Crippen molar-refractivity contribution in [3.63, 3.8) is 0 Å². The fourth-order valence-electron chi connectivity index (χ4n) is 0.195. The number of hydrogen-bond donors (Lipinski definition) is 1. The van der Waals surface area contributed by atoms with Gasteiger partial charge in [0.1, 0.15) is 6.07 Å². The summed E-state index contributed by atoms with van der Waals surface area (Å²) in [6.07, 6.45) is 0.611. The van der Waals surface area contributed by atoms with Crippen LogP contribution < -0.4 is 0 Å². The molecule has 0 saturated heterocycles. The molecule has 7 heavy (non-hydrogen) atoms. The second-order valence-electron chi connectivity index (χ2n) is 1.07. The topological polar surface area (TPSA) is 47.6 Å². The highest BCUT2D eigenvalue weighted by Crippen LogP contribution is 1.88. The largest absolute Gasteiger partial charge is 0.258 e. The van der Waals surface area contributed by atoms with Gasteiger partial charge in [0.25, 0.3) is 0 Å². The summed E-state index contributed by atoms with van der Waals surface area (Å²) in [5, 5.41) is 14.5. The molecule has 0 aliphatic carbocycles. The van der Waals surface area contributed by atoms with E-state index in [1.165, 1.54) is 0 Å². The van der Waals surface area contributed by atoms with Crippen molar-refractivity contribution in [3.05, 3.63) is 5.57 Å². The van der Waals surface area contributed by atoms with E-state index in [2.05, 4.69) is 0 Å². The lowest BCUT2D eigenvalue weighted by Crippen LogP contribution is -1.70. The van der Waals surface area contributed by atoms with Crippen molar-refractivity contribution < 1.29 is 0 Å². The van der Waals surface area contributed by atoms with Gasteiger partial charge in [-0.25, -0.2) is 0 Å². The zero-order valence-corrected chi connectivity index (χ0v) is 4.15. The molecule has 0 radical (unpaired) electrons. The van der Waals surface area contributed by atoms with E-state index in [-0.39, 0.29) is 0 Å². The van der Waals surface area contributed by atoms with Gasteiger partial charge in [-0.2, -0.15) is 5.26 Å². The van der Waals surface area contributed by atoms with Gasteiger partial charge in [-0.1, -0.05) is 6.92 Å². The Labute approximate surface area is 42.6 Å². The Morgan fingerprint density at radius 2 is 2.43 bits per heavy atom. The number of allylic oxidation sites excluding steroid dienone is 1. The highest BCUT2D eigenvalue weighted by molar-refractivity contribution is 5.59. The van der Waals surface area contributed by atoms with Crippen molar-refractivity contribution in [2.75, 3.05) is 0 Å². The number of rotatable bonds is 1. The molecule has 0 aromatic heterocycles. The standard InChI is InChI=1S/C5H6N2/c1-2-5(3-6)4-7/h6H,2H2,1H3. The fraction of sp³-hybridized carbons (Fsp3) is 0.400. The Kier molecular flexibility index (Phi) is 2.67. The van der Waals surface area contributed by atoms with Crippen molar-refractivity contribution in [1.29, 1.82) is 10.7 Å². The summed E-state index contributed by atoms with van der Waals surface area (Å²) in [7, 11) is 0. The van der Waals surface area contributed by atoms with Crippen LogP contribution in [0.25, 0.3) is 0 Å². The molecule has 0 unspecified atom stereocenters. The van der Waals surface area contributed by atoms with Crippen LogP contribution in [0.15, 0.2) is 5.57 Å². The molecule has 0 bridgehead atoms. The lowest BCUT2D eigenvalue weighted by Gasteiger charge is -1.75. The Morgan fingerprint density at radius 1 is 1.86 bits per heavy atom. The lowest BCUT2D eigenvalue weighted by molar-refractivity contribution is 1.17. The number of nitrogens with one attached hydrogen (secondary N) is 1. The van der Waals surface area contributed by atoms with Crippen molar-refractivity contribution in [1.82, 2.24) is 0 Å². The Morgan fingerprint density at radius 3 is 2.43 bits per heavy atom. The maximum Gasteiger partial charge on any atom is 0.105 e. The van der Waals surface area contributed by atoms with Crippen LogP contribution in [0.4, 0.5) is 0 Å². The molecule has 0 aliphatic heterocycles. The van der Waals surface area contributed by atoms with E-state index in [0.29, 0.717) is 12.0 Å². The van der Waals surface area contributed by atoms with Crippen LogP contribution in [0.3, 0.4) is 0 Å². The molecule has 0 rings (SSSR count). The Bertz CT molecular complexity index is 135. The zero-order valence-electron chi connectivity index (χ0n) is 4.15. The van der Waals surface area contributed by atoms with Gasteiger partial charge in [0.15, 0.2) is 0 Å². The van der Waals surface area contributed by atoms with Crippen LogP contribution in [0.5, 0.6) is 0 Å². The summed E-state index contributed by atoms with van der Waals surface area (Å²) in [4.78, 5) is 0. The molecule has 0 aliphatic rings. The molecule has 0 spiro atoms. The summed E-state index contributed by atoms with van der Waals surface area (Å²) in [6, 6.07) is 1.82. The monoisotopic (exact) mass is 94.1 g/mol. The van der Waals surface area contributed by atoms with E-state index in [4.69, 9.17) is 10.7 Å². The molecule has 0 saturated carbocycles. The highest BCUT2D eigenvalue weighted by Gasteiger charge is 1.82. The zero-order chi connectivity index (χ0) is 5.70. The minimum atomic E-state index is 0.403. The third-order valence-electron chi connectivity index (χ3n) is 0.639. The van der Waals surface area contributed by atoms with Crippen molar-refractivity contribution in [2.24, 2.45) is 0 Å². The predicted octanol–water partition coefficient (Wildman–Crippen LogP) is 1.09. The molecule has 0 amide bonds. The quantitative estimate of drug-likeness (QED) is 0.383. The predicted molar refractivity (Wildman–Crippen MR) is 27.1 cm³/mol. The van der Waals surface area contributed by atoms with Crippen LogP contribution in [0.2, 0.25) is 0 Å². The average molecular weight is 94.1 g/mol. The first-order valence-corrected chi connectivity index (χ1v) is 2.03. The van der Waals surface area contributed by atoms with Gasteiger partial charge in [0, 0.05) is 0 Å². The molecule has 0 fully saturated rings. The molecule has 2 nitrogen and oxygen atoms in total. The van der Waals surface area contributed by atoms with E-state index in [1.54, 1.807) is 0 Å². The summed E-state index contributed by atoms with van der Waals surface area (Å²) in [5.41, 5.74) is 0.403. The molecular weight excluding hydrogens is 88.1 g/mol. The van der Waals surface area contributed by atoms with Crippen LogP contribution in [0, 0.1) is 16.7 Å². The first kappa shape index (κ1) is 5.94. The number of hydrogen-bond acceptors (Lipinski definition) is 2. The molecule has 0 heterocycles. The van der Waals surface area contributed by atoms with Gasteiger partial charge in [-0.3, -0.25) is 5.41 Å². The first-order chi connectivity index (χ1) is 3.35. The third-order valence-corrected chi connectivity index (χ3v) is 0.639. The average Bonchev–Trinajstić information content (AvgIpc) is 1.72. The van der Waals surface area contributed by atoms with E-state index >= 15 is 0 Å². The number of nitrogens with zero attached hydrogens (tertiary/aromatic N) is 1. The van der Waals surface area contributed by atoms with Gasteiger partial charge in [0.05, 0.1) is 5.57 Å². The minimum absolute atomic E-state index is 0.403. The summed E-state index contributed by atoms with van der Waals surface area (Å²) in [5.74, 6) is 2.01. The summed E-state index contributed by atoms with van der Waals surface area (Å²) < 4.78 is 0. The lowest BCUT2D eigenvalue weighted by atomic mass is 10.3. The second-order valence-corrected chi connectivity index (χ2v) is 1.07. The molecule has 0 aromatic carbocycles. The maximum absolute atomic E-state index is 8.06. The second kappa shape index (κ2) is 3.14. The molecular formula is C5H6N2. The van der Waals surface area contributed by atoms with Crippen molar-refractivity contribution in [2.45, 2.75) is 13.3 Å². The van der Waals surface area contributed by atoms with Gasteiger partial charge >= 0.3 is 0 Å². The van der Waals surface area contributed by atoms with Crippen LogP contribution >= 0.6 is 0 Å². The number of nitriles is 1. The molecule has 0 atom stereocenters. The normalized spacial score (nSPS) is 6.29. The van der Waals surface area contributed by atoms with E-state index < -0.39 is 0 Å². The van der Waals surface area contributed by atoms with E-state index in [1.807, 2.05) is 18.9 Å². The van der Waals surface area contributed by atoms with Gasteiger partial charge in [0.2, 0.25) is 0 Å². The molecule has 2 heteroatoms. The fourth-order valence-corrected chi connectivity index (χ4v) is 0.195. The van der Waals surface area contributed by atoms with Crippen LogP contribution in [-0.4, -0.2) is 5.87 Å². The minimum Gasteiger partial charge on any atom is -0.258 e. The Balaban J connectivity index is 3.95. The van der Waals surface area contributed by atoms with E-state index in [0.717, 1.165) is 0 Å². The van der Waals surface area contributed by atoms with Gasteiger partial charge in [-0.05, 0) is 12.3 Å². The van der Waals surface area contributed by atoms with Gasteiger partial charge < -0.3 is 0 Å². The summed E-state index contributed by atoms with van der Waals surface area (Å²) >= 11 is 0. The van der Waals surface area contributed by atoms with Crippen molar-refractivity contribution in [3.8, 4) is 6.07 Å². The Hall–Kier alpha value is -1.06. The smallest absolute Gasteiger partial charge is 0.105 e. The molecule has 1 N–H and O–H groups in total. The SMILES string of the molecule is CCC(=C=N)C#N. The first-order valence-electron chi connectivity index (χ1n) is 2.03. The molecule has 0 aromatic rings. The molecule has 36 valence electrons. The van der Waals surface area contributed by atoms with Crippen LogP contribution in [-0.2, 0) is 0 Å². The third kappa shape index (κ3) is 1.75. The van der Waals surface area contributed by atoms with Crippen molar-refractivity contribution >= 4 is 5.87 Å². The van der Waals surface area contributed by atoms with Gasteiger partial charge in [-0.15, -0.1) is 0 Å². The van der Waals surface area contributed by atoms with Crippen LogP contribution in [0.1, 0.15) is 13.3 Å². The van der Waals surface area contributed by atoms with E-state index in [9.17, 15) is 0 Å². The highest BCUT2D eigenvalue weighted by atomic mass is 14.3.